The van der Waals surface area contributed by atoms with E-state index >= 15 is 0 Å². The zero-order chi connectivity index (χ0) is 14.7. The smallest absolute Gasteiger partial charge is 0.335 e. The van der Waals surface area contributed by atoms with Gasteiger partial charge in [-0.3, -0.25) is 4.79 Å². The number of amides is 1. The quantitative estimate of drug-likeness (QED) is 0.801. The molecule has 20 heavy (non-hydrogen) atoms. The van der Waals surface area contributed by atoms with E-state index in [4.69, 9.17) is 10.8 Å². The molecule has 0 heterocycles. The van der Waals surface area contributed by atoms with E-state index in [9.17, 15) is 9.59 Å². The molecule has 4 N–H and O–H groups in total. The summed E-state index contributed by atoms with van der Waals surface area (Å²) >= 11 is 3.27. The van der Waals surface area contributed by atoms with Crippen molar-refractivity contribution in [3.8, 4) is 0 Å². The van der Waals surface area contributed by atoms with E-state index in [1.807, 2.05) is 0 Å². The van der Waals surface area contributed by atoms with Crippen LogP contribution in [0.5, 0.6) is 0 Å². The molecule has 0 radical (unpaired) electrons. The fourth-order valence-electron chi connectivity index (χ4n) is 1.73. The van der Waals surface area contributed by atoms with E-state index in [0.717, 1.165) is 0 Å². The predicted molar refractivity (Wildman–Crippen MR) is 79.3 cm³/mol. The van der Waals surface area contributed by atoms with Gasteiger partial charge in [-0.25, -0.2) is 4.79 Å². The lowest BCUT2D eigenvalue weighted by Gasteiger charge is -2.11. The molecule has 0 atom stereocenters. The van der Waals surface area contributed by atoms with Crippen molar-refractivity contribution >= 4 is 39.2 Å². The second-order valence-corrected chi connectivity index (χ2v) is 4.89. The van der Waals surface area contributed by atoms with Gasteiger partial charge in [-0.05, 0) is 52.3 Å². The Labute approximate surface area is 123 Å². The van der Waals surface area contributed by atoms with Crippen LogP contribution in [0.2, 0.25) is 0 Å². The van der Waals surface area contributed by atoms with E-state index in [1.54, 1.807) is 30.3 Å². The number of rotatable bonds is 4. The number of nitrogens with two attached hydrogens (primary N) is 1. The summed E-state index contributed by atoms with van der Waals surface area (Å²) in [6, 6.07) is 11.4. The summed E-state index contributed by atoms with van der Waals surface area (Å²) in [5.74, 6) is -1.54. The second kappa shape index (κ2) is 5.75. The molecule has 0 saturated heterocycles. The summed E-state index contributed by atoms with van der Waals surface area (Å²) in [5, 5.41) is 11.9. The molecule has 0 aliphatic heterocycles. The highest BCUT2D eigenvalue weighted by molar-refractivity contribution is 9.10. The molecular weight excluding hydrogens is 324 g/mol. The van der Waals surface area contributed by atoms with Crippen LogP contribution in [-0.2, 0) is 0 Å². The van der Waals surface area contributed by atoms with Crippen LogP contribution in [0.25, 0.3) is 0 Å². The molecule has 0 bridgehead atoms. The molecule has 0 aliphatic carbocycles. The van der Waals surface area contributed by atoms with Crippen LogP contribution in [0.3, 0.4) is 0 Å². The number of primary amides is 1. The summed E-state index contributed by atoms with van der Waals surface area (Å²) < 4.78 is 0.595. The molecule has 0 saturated carbocycles. The molecule has 2 rings (SSSR count). The maximum absolute atomic E-state index is 11.5. The monoisotopic (exact) mass is 334 g/mol. The van der Waals surface area contributed by atoms with Crippen LogP contribution in [0.4, 0.5) is 11.4 Å². The Morgan fingerprint density at radius 3 is 2.30 bits per heavy atom. The number of carbonyl (C=O) groups is 2. The normalized spacial score (nSPS) is 10.1. The Balaban J connectivity index is 2.33. The van der Waals surface area contributed by atoms with Crippen LogP contribution in [0, 0.1) is 0 Å². The van der Waals surface area contributed by atoms with Gasteiger partial charge in [0, 0.05) is 10.2 Å². The second-order valence-electron chi connectivity index (χ2n) is 4.03. The third-order valence-corrected chi connectivity index (χ3v) is 3.33. The average Bonchev–Trinajstić information content (AvgIpc) is 2.39. The van der Waals surface area contributed by atoms with Gasteiger partial charge < -0.3 is 16.2 Å². The van der Waals surface area contributed by atoms with Crippen molar-refractivity contribution in [3.63, 3.8) is 0 Å². The van der Waals surface area contributed by atoms with Gasteiger partial charge in [-0.1, -0.05) is 6.07 Å². The van der Waals surface area contributed by atoms with Gasteiger partial charge in [-0.2, -0.15) is 0 Å². The van der Waals surface area contributed by atoms with Gasteiger partial charge >= 0.3 is 5.97 Å². The van der Waals surface area contributed by atoms with Crippen LogP contribution in [0.15, 0.2) is 46.9 Å². The number of halogens is 1. The molecule has 0 spiro atoms. The number of hydrogen-bond donors (Lipinski definition) is 3. The average molecular weight is 335 g/mol. The number of anilines is 2. The van der Waals surface area contributed by atoms with Gasteiger partial charge in [0.15, 0.2) is 0 Å². The van der Waals surface area contributed by atoms with Crippen LogP contribution in [0.1, 0.15) is 20.7 Å². The van der Waals surface area contributed by atoms with Crippen molar-refractivity contribution in [2.24, 2.45) is 5.73 Å². The molecule has 0 aromatic heterocycles. The number of carboxylic acid groups (broad SMARTS) is 1. The molecule has 102 valence electrons. The lowest BCUT2D eigenvalue weighted by molar-refractivity contribution is 0.0696. The zero-order valence-corrected chi connectivity index (χ0v) is 11.8. The molecule has 2 aromatic rings. The van der Waals surface area contributed by atoms with Gasteiger partial charge in [0.25, 0.3) is 5.91 Å². The Morgan fingerprint density at radius 1 is 1.10 bits per heavy atom. The maximum Gasteiger partial charge on any atom is 0.335 e. The number of nitrogens with one attached hydrogen (secondary N) is 1. The fourth-order valence-corrected chi connectivity index (χ4v) is 2.29. The molecule has 0 unspecified atom stereocenters. The highest BCUT2D eigenvalue weighted by atomic mass is 79.9. The Hall–Kier alpha value is -2.34. The first-order valence-corrected chi connectivity index (χ1v) is 6.47. The van der Waals surface area contributed by atoms with Crippen molar-refractivity contribution < 1.29 is 14.7 Å². The predicted octanol–water partition coefficient (Wildman–Crippen LogP) is 2.99. The summed E-state index contributed by atoms with van der Waals surface area (Å²) in [6.07, 6.45) is 0. The number of hydrogen-bond acceptors (Lipinski definition) is 3. The van der Waals surface area contributed by atoms with Gasteiger partial charge in [-0.15, -0.1) is 0 Å². The summed E-state index contributed by atoms with van der Waals surface area (Å²) in [6.45, 7) is 0. The minimum Gasteiger partial charge on any atom is -0.478 e. The van der Waals surface area contributed by atoms with Gasteiger partial charge in [0.05, 0.1) is 16.8 Å². The topological polar surface area (TPSA) is 92.4 Å². The van der Waals surface area contributed by atoms with E-state index in [1.165, 1.54) is 12.1 Å². The van der Waals surface area contributed by atoms with Crippen molar-refractivity contribution in [2.45, 2.75) is 0 Å². The van der Waals surface area contributed by atoms with Gasteiger partial charge in [0.1, 0.15) is 0 Å². The first kappa shape index (κ1) is 14.1. The molecule has 2 aromatic carbocycles. The van der Waals surface area contributed by atoms with Crippen LogP contribution in [-0.4, -0.2) is 17.0 Å². The van der Waals surface area contributed by atoms with E-state index < -0.39 is 11.9 Å². The van der Waals surface area contributed by atoms with Crippen LogP contribution >= 0.6 is 15.9 Å². The molecule has 0 aliphatic rings. The largest absolute Gasteiger partial charge is 0.478 e. The lowest BCUT2D eigenvalue weighted by atomic mass is 10.1. The van der Waals surface area contributed by atoms with Crippen molar-refractivity contribution in [1.29, 1.82) is 0 Å². The number of carboxylic acids is 1. The van der Waals surface area contributed by atoms with E-state index in [0.29, 0.717) is 21.4 Å². The lowest BCUT2D eigenvalue weighted by Crippen LogP contribution is -2.14. The highest BCUT2D eigenvalue weighted by Gasteiger charge is 2.12. The summed E-state index contributed by atoms with van der Waals surface area (Å²) in [4.78, 5) is 22.2. The fraction of sp³-hybridized carbons (Fsp3) is 0. The van der Waals surface area contributed by atoms with Crippen molar-refractivity contribution in [1.82, 2.24) is 0 Å². The first-order valence-electron chi connectivity index (χ1n) is 5.67. The minimum atomic E-state index is -0.989. The molecule has 0 fully saturated rings. The van der Waals surface area contributed by atoms with E-state index in [2.05, 4.69) is 21.2 Å². The standard InChI is InChI=1S/C14H11BrN2O3/c15-10-2-1-3-11(12(10)13(16)18)17-9-6-4-8(5-7-9)14(19)20/h1-7,17H,(H2,16,18)(H,19,20). The molecule has 6 heteroatoms. The zero-order valence-electron chi connectivity index (χ0n) is 10.3. The SMILES string of the molecule is NC(=O)c1c(Br)cccc1Nc1ccc(C(=O)O)cc1. The van der Waals surface area contributed by atoms with Crippen LogP contribution < -0.4 is 11.1 Å². The molecule has 5 nitrogen and oxygen atoms in total. The number of carbonyl (C=O) groups excluding carboxylic acids is 1. The van der Waals surface area contributed by atoms with Crippen molar-refractivity contribution in [3.05, 3.63) is 58.1 Å². The van der Waals surface area contributed by atoms with Crippen molar-refractivity contribution in [2.75, 3.05) is 5.32 Å². The summed E-state index contributed by atoms with van der Waals surface area (Å²) in [5.41, 5.74) is 7.10. The first-order chi connectivity index (χ1) is 9.49. The minimum absolute atomic E-state index is 0.194. The molecule has 1 amide bonds. The number of aromatic carboxylic acids is 1. The number of benzene rings is 2. The Bertz CT molecular complexity index is 669. The molecular formula is C14H11BrN2O3. The maximum atomic E-state index is 11.5. The van der Waals surface area contributed by atoms with E-state index in [-0.39, 0.29) is 5.56 Å². The third kappa shape index (κ3) is 2.97. The third-order valence-electron chi connectivity index (χ3n) is 2.67. The Kier molecular flexibility index (Phi) is 4.05. The summed E-state index contributed by atoms with van der Waals surface area (Å²) in [7, 11) is 0. The Morgan fingerprint density at radius 2 is 1.75 bits per heavy atom. The van der Waals surface area contributed by atoms with Gasteiger partial charge in [0.2, 0.25) is 0 Å². The highest BCUT2D eigenvalue weighted by Crippen LogP contribution is 2.27.